The van der Waals surface area contributed by atoms with Crippen molar-refractivity contribution < 1.29 is 0 Å². The monoisotopic (exact) mass is 295 g/mol. The van der Waals surface area contributed by atoms with E-state index in [0.717, 1.165) is 51.5 Å². The molecule has 1 fully saturated rings. The molecule has 122 valence electrons. The summed E-state index contributed by atoms with van der Waals surface area (Å²) in [6.45, 7) is 15.4. The lowest BCUT2D eigenvalue weighted by molar-refractivity contribution is 0.225. The first-order valence-electron chi connectivity index (χ1n) is 8.00. The molecule has 0 atom stereocenters. The number of likely N-dealkylation sites (tertiary alicyclic amines) is 1. The smallest absolute Gasteiger partial charge is 0.191 e. The average molecular weight is 295 g/mol. The summed E-state index contributed by atoms with van der Waals surface area (Å²) in [5.41, 5.74) is 0.163. The topological polar surface area (TPSA) is 51.7 Å². The maximum absolute atomic E-state index is 4.31. The van der Waals surface area contributed by atoms with Gasteiger partial charge >= 0.3 is 0 Å². The normalized spacial score (nSPS) is 18.6. The van der Waals surface area contributed by atoms with Crippen molar-refractivity contribution in [2.24, 2.45) is 4.99 Å². The summed E-state index contributed by atoms with van der Waals surface area (Å²) in [4.78, 5) is 6.75. The SMILES string of the molecule is C=CCN1CCC(NC(=NC)NCCNC(C)(C)C)CC1. The number of piperidine rings is 1. The molecule has 1 rings (SSSR count). The predicted molar refractivity (Wildman–Crippen MR) is 91.9 cm³/mol. The molecular formula is C16H33N5. The third kappa shape index (κ3) is 8.07. The van der Waals surface area contributed by atoms with Crippen LogP contribution in [0.2, 0.25) is 0 Å². The molecule has 3 N–H and O–H groups in total. The molecule has 1 aliphatic rings. The molecule has 0 radical (unpaired) electrons. The Balaban J connectivity index is 2.21. The molecule has 0 unspecified atom stereocenters. The molecule has 0 aromatic heterocycles. The molecule has 0 bridgehead atoms. The maximum atomic E-state index is 4.31. The molecular weight excluding hydrogens is 262 g/mol. The highest BCUT2D eigenvalue weighted by Gasteiger charge is 2.18. The molecule has 0 aromatic carbocycles. The lowest BCUT2D eigenvalue weighted by Crippen LogP contribution is -2.50. The minimum atomic E-state index is 0.163. The Kier molecular flexibility index (Phi) is 7.75. The summed E-state index contributed by atoms with van der Waals surface area (Å²) in [5, 5.41) is 10.4. The Bertz CT molecular complexity index is 324. The van der Waals surface area contributed by atoms with Gasteiger partial charge in [0.2, 0.25) is 0 Å². The van der Waals surface area contributed by atoms with Crippen molar-refractivity contribution in [1.82, 2.24) is 20.9 Å². The van der Waals surface area contributed by atoms with E-state index >= 15 is 0 Å². The van der Waals surface area contributed by atoms with Crippen molar-refractivity contribution in [3.05, 3.63) is 12.7 Å². The molecule has 0 aromatic rings. The van der Waals surface area contributed by atoms with Crippen molar-refractivity contribution in [3.8, 4) is 0 Å². The fraction of sp³-hybridized carbons (Fsp3) is 0.812. The number of nitrogens with one attached hydrogen (secondary N) is 3. The first-order valence-corrected chi connectivity index (χ1v) is 8.00. The van der Waals surface area contributed by atoms with Crippen molar-refractivity contribution >= 4 is 5.96 Å². The summed E-state index contributed by atoms with van der Waals surface area (Å²) < 4.78 is 0. The second kappa shape index (κ2) is 9.05. The highest BCUT2D eigenvalue weighted by atomic mass is 15.2. The zero-order valence-corrected chi connectivity index (χ0v) is 14.2. The standard InChI is InChI=1S/C16H33N5/c1-6-11-21-12-7-14(8-13-21)20-15(17-5)18-9-10-19-16(2,3)4/h6,14,19H,1,7-13H2,2-5H3,(H2,17,18,20). The van der Waals surface area contributed by atoms with Crippen molar-refractivity contribution in [2.45, 2.75) is 45.2 Å². The minimum Gasteiger partial charge on any atom is -0.355 e. The molecule has 0 spiro atoms. The van der Waals surface area contributed by atoms with Crippen LogP contribution >= 0.6 is 0 Å². The number of hydrogen-bond acceptors (Lipinski definition) is 3. The van der Waals surface area contributed by atoms with Crippen LogP contribution in [0.3, 0.4) is 0 Å². The fourth-order valence-corrected chi connectivity index (χ4v) is 2.45. The molecule has 1 aliphatic heterocycles. The van der Waals surface area contributed by atoms with Crippen LogP contribution in [0.1, 0.15) is 33.6 Å². The van der Waals surface area contributed by atoms with Crippen LogP contribution in [0, 0.1) is 0 Å². The van der Waals surface area contributed by atoms with E-state index in [1.165, 1.54) is 0 Å². The lowest BCUT2D eigenvalue weighted by atomic mass is 10.1. The second-order valence-corrected chi connectivity index (χ2v) is 6.68. The highest BCUT2D eigenvalue weighted by Crippen LogP contribution is 2.09. The first kappa shape index (κ1) is 18.0. The van der Waals surface area contributed by atoms with Crippen LogP contribution in [0.15, 0.2) is 17.6 Å². The number of aliphatic imine (C=N–C) groups is 1. The molecule has 1 saturated heterocycles. The lowest BCUT2D eigenvalue weighted by Gasteiger charge is -2.32. The second-order valence-electron chi connectivity index (χ2n) is 6.68. The quantitative estimate of drug-likeness (QED) is 0.298. The van der Waals surface area contributed by atoms with Gasteiger partial charge in [-0.2, -0.15) is 0 Å². The number of nitrogens with zero attached hydrogens (tertiary/aromatic N) is 2. The molecule has 0 saturated carbocycles. The first-order chi connectivity index (χ1) is 9.94. The van der Waals surface area contributed by atoms with E-state index < -0.39 is 0 Å². The van der Waals surface area contributed by atoms with E-state index in [-0.39, 0.29) is 5.54 Å². The van der Waals surface area contributed by atoms with Gasteiger partial charge in [0.25, 0.3) is 0 Å². The van der Waals surface area contributed by atoms with Gasteiger partial charge in [0, 0.05) is 51.4 Å². The van der Waals surface area contributed by atoms with Crippen LogP contribution in [0.4, 0.5) is 0 Å². The Labute approximate surface area is 130 Å². The molecule has 21 heavy (non-hydrogen) atoms. The van der Waals surface area contributed by atoms with Gasteiger partial charge in [0.05, 0.1) is 0 Å². The van der Waals surface area contributed by atoms with Gasteiger partial charge < -0.3 is 16.0 Å². The van der Waals surface area contributed by atoms with Gasteiger partial charge in [0.1, 0.15) is 0 Å². The molecule has 5 nitrogen and oxygen atoms in total. The van der Waals surface area contributed by atoms with Crippen molar-refractivity contribution in [2.75, 3.05) is 39.8 Å². The Morgan fingerprint density at radius 1 is 1.29 bits per heavy atom. The molecule has 1 heterocycles. The molecule has 5 heteroatoms. The van der Waals surface area contributed by atoms with Crippen LogP contribution in [-0.4, -0.2) is 62.2 Å². The number of rotatable bonds is 6. The van der Waals surface area contributed by atoms with Gasteiger partial charge in [-0.3, -0.25) is 9.89 Å². The third-order valence-electron chi connectivity index (χ3n) is 3.61. The highest BCUT2D eigenvalue weighted by molar-refractivity contribution is 5.79. The summed E-state index contributed by atoms with van der Waals surface area (Å²) in [7, 11) is 1.83. The van der Waals surface area contributed by atoms with Gasteiger partial charge in [-0.05, 0) is 33.6 Å². The summed E-state index contributed by atoms with van der Waals surface area (Å²) in [6.07, 6.45) is 4.31. The Morgan fingerprint density at radius 3 is 2.48 bits per heavy atom. The van der Waals surface area contributed by atoms with E-state index in [4.69, 9.17) is 0 Å². The summed E-state index contributed by atoms with van der Waals surface area (Å²) in [5.74, 6) is 0.910. The van der Waals surface area contributed by atoms with E-state index in [2.05, 4.69) is 53.2 Å². The van der Waals surface area contributed by atoms with Gasteiger partial charge in [-0.15, -0.1) is 6.58 Å². The van der Waals surface area contributed by atoms with E-state index in [9.17, 15) is 0 Å². The largest absolute Gasteiger partial charge is 0.355 e. The zero-order chi connectivity index (χ0) is 15.7. The van der Waals surface area contributed by atoms with E-state index in [1.807, 2.05) is 13.1 Å². The summed E-state index contributed by atoms with van der Waals surface area (Å²) >= 11 is 0. The van der Waals surface area contributed by atoms with Crippen molar-refractivity contribution in [1.29, 1.82) is 0 Å². The maximum Gasteiger partial charge on any atom is 0.191 e. The molecule has 0 aliphatic carbocycles. The van der Waals surface area contributed by atoms with Crippen LogP contribution < -0.4 is 16.0 Å². The predicted octanol–water partition coefficient (Wildman–Crippen LogP) is 1.19. The molecule has 0 amide bonds. The number of guanidine groups is 1. The Morgan fingerprint density at radius 2 is 1.95 bits per heavy atom. The van der Waals surface area contributed by atoms with Crippen LogP contribution in [-0.2, 0) is 0 Å². The number of hydrogen-bond donors (Lipinski definition) is 3. The average Bonchev–Trinajstić information content (AvgIpc) is 2.43. The minimum absolute atomic E-state index is 0.163. The Hall–Kier alpha value is -1.07. The van der Waals surface area contributed by atoms with Crippen molar-refractivity contribution in [3.63, 3.8) is 0 Å². The fourth-order valence-electron chi connectivity index (χ4n) is 2.45. The van der Waals surface area contributed by atoms with Gasteiger partial charge in [0.15, 0.2) is 5.96 Å². The summed E-state index contributed by atoms with van der Waals surface area (Å²) in [6, 6.07) is 0.521. The van der Waals surface area contributed by atoms with Gasteiger partial charge in [-0.25, -0.2) is 0 Å². The third-order valence-corrected chi connectivity index (χ3v) is 3.61. The van der Waals surface area contributed by atoms with Crippen LogP contribution in [0.5, 0.6) is 0 Å². The van der Waals surface area contributed by atoms with Gasteiger partial charge in [-0.1, -0.05) is 6.08 Å². The van der Waals surface area contributed by atoms with E-state index in [0.29, 0.717) is 6.04 Å². The zero-order valence-electron chi connectivity index (χ0n) is 14.2. The van der Waals surface area contributed by atoms with Crippen LogP contribution in [0.25, 0.3) is 0 Å². The van der Waals surface area contributed by atoms with E-state index in [1.54, 1.807) is 0 Å².